The molecule has 0 spiro atoms. The van der Waals surface area contributed by atoms with Crippen LogP contribution in [0.25, 0.3) is 10.8 Å². The van der Waals surface area contributed by atoms with Crippen LogP contribution in [0.2, 0.25) is 0 Å². The summed E-state index contributed by atoms with van der Waals surface area (Å²) in [5, 5.41) is 6.02. The highest BCUT2D eigenvalue weighted by Gasteiger charge is 2.24. The Morgan fingerprint density at radius 1 is 1.09 bits per heavy atom. The zero-order chi connectivity index (χ0) is 23.5. The van der Waals surface area contributed by atoms with Gasteiger partial charge in [0.1, 0.15) is 18.0 Å². The van der Waals surface area contributed by atoms with Crippen molar-refractivity contribution >= 4 is 28.2 Å². The Morgan fingerprint density at radius 2 is 1.88 bits per heavy atom. The lowest BCUT2D eigenvalue weighted by Gasteiger charge is -2.33. The molecule has 1 atom stereocenters. The summed E-state index contributed by atoms with van der Waals surface area (Å²) >= 11 is 0. The van der Waals surface area contributed by atoms with Gasteiger partial charge in [0, 0.05) is 18.8 Å². The predicted octanol–water partition coefficient (Wildman–Crippen LogP) is 5.59. The van der Waals surface area contributed by atoms with Crippen LogP contribution in [0.3, 0.4) is 0 Å². The average molecular weight is 454 g/mol. The molecule has 34 heavy (non-hydrogen) atoms. The van der Waals surface area contributed by atoms with Crippen molar-refractivity contribution in [3.63, 3.8) is 0 Å². The number of pyridine rings is 1. The zero-order valence-corrected chi connectivity index (χ0v) is 19.3. The summed E-state index contributed by atoms with van der Waals surface area (Å²) in [5.74, 6) is 1.27. The van der Waals surface area contributed by atoms with E-state index >= 15 is 0 Å². The number of hydrogen-bond acceptors (Lipinski definition) is 6. The zero-order valence-electron chi connectivity index (χ0n) is 19.3. The topological polar surface area (TPSA) is 63.7 Å². The van der Waals surface area contributed by atoms with E-state index in [4.69, 9.17) is 9.47 Å². The van der Waals surface area contributed by atoms with Gasteiger partial charge in [-0.25, -0.2) is 9.78 Å². The minimum atomic E-state index is -0.340. The predicted molar refractivity (Wildman–Crippen MR) is 135 cm³/mol. The number of carbonyl (C=O) groups is 1. The van der Waals surface area contributed by atoms with Gasteiger partial charge in [-0.1, -0.05) is 48.5 Å². The standard InChI is InChI=1S/C28H27N3O3/c1-19(21-9-11-23(12-10-21)28(32)33-2)30-27-26-25(13-14-29-27)34-16-15-31(26)18-20-7-8-22-5-3-4-6-24(22)17-20/h3-14,17,19H,15-16,18H2,1-2H3,(H,29,30). The lowest BCUT2D eigenvalue weighted by Crippen LogP contribution is -2.33. The lowest BCUT2D eigenvalue weighted by atomic mass is 10.1. The van der Waals surface area contributed by atoms with Gasteiger partial charge in [-0.15, -0.1) is 0 Å². The maximum absolute atomic E-state index is 11.7. The van der Waals surface area contributed by atoms with Gasteiger partial charge in [-0.2, -0.15) is 0 Å². The Hall–Kier alpha value is -4.06. The molecular weight excluding hydrogens is 426 g/mol. The van der Waals surface area contributed by atoms with Crippen molar-refractivity contribution in [1.29, 1.82) is 0 Å². The van der Waals surface area contributed by atoms with Crippen LogP contribution < -0.4 is 15.0 Å². The molecule has 1 N–H and O–H groups in total. The van der Waals surface area contributed by atoms with Gasteiger partial charge in [0.05, 0.1) is 25.3 Å². The van der Waals surface area contributed by atoms with Gasteiger partial charge in [-0.3, -0.25) is 0 Å². The second kappa shape index (κ2) is 9.43. The first-order valence-electron chi connectivity index (χ1n) is 11.4. The van der Waals surface area contributed by atoms with Gasteiger partial charge in [-0.05, 0) is 47.0 Å². The van der Waals surface area contributed by atoms with Crippen LogP contribution in [-0.4, -0.2) is 31.2 Å². The van der Waals surface area contributed by atoms with Crippen molar-refractivity contribution < 1.29 is 14.3 Å². The number of fused-ring (bicyclic) bond motifs is 2. The minimum Gasteiger partial charge on any atom is -0.489 e. The number of nitrogens with zero attached hydrogens (tertiary/aromatic N) is 2. The molecule has 4 aromatic rings. The number of ether oxygens (including phenoxy) is 2. The second-order valence-electron chi connectivity index (χ2n) is 8.44. The quantitative estimate of drug-likeness (QED) is 0.384. The Bertz CT molecular complexity index is 1320. The van der Waals surface area contributed by atoms with E-state index in [0.717, 1.165) is 35.9 Å². The molecule has 172 valence electrons. The molecule has 0 fully saturated rings. The molecule has 0 bridgehead atoms. The number of anilines is 2. The SMILES string of the molecule is COC(=O)c1ccc(C(C)Nc2nccc3c2N(Cc2ccc4ccccc4c2)CCO3)cc1. The molecule has 1 aromatic heterocycles. The third-order valence-electron chi connectivity index (χ3n) is 6.19. The molecule has 0 saturated carbocycles. The smallest absolute Gasteiger partial charge is 0.337 e. The lowest BCUT2D eigenvalue weighted by molar-refractivity contribution is 0.0600. The van der Waals surface area contributed by atoms with E-state index in [0.29, 0.717) is 12.2 Å². The molecule has 0 saturated heterocycles. The molecule has 3 aromatic carbocycles. The largest absolute Gasteiger partial charge is 0.489 e. The van der Waals surface area contributed by atoms with Crippen LogP contribution in [-0.2, 0) is 11.3 Å². The average Bonchev–Trinajstić information content (AvgIpc) is 2.88. The van der Waals surface area contributed by atoms with Gasteiger partial charge in [0.15, 0.2) is 5.82 Å². The summed E-state index contributed by atoms with van der Waals surface area (Å²) in [4.78, 5) is 18.7. The van der Waals surface area contributed by atoms with Crippen molar-refractivity contribution in [3.05, 3.63) is 95.7 Å². The van der Waals surface area contributed by atoms with Crippen molar-refractivity contribution in [2.45, 2.75) is 19.5 Å². The highest BCUT2D eigenvalue weighted by atomic mass is 16.5. The summed E-state index contributed by atoms with van der Waals surface area (Å²) in [5.41, 5.74) is 3.79. The van der Waals surface area contributed by atoms with Crippen molar-refractivity contribution in [3.8, 4) is 5.75 Å². The molecule has 6 nitrogen and oxygen atoms in total. The first-order valence-corrected chi connectivity index (χ1v) is 11.4. The number of esters is 1. The molecule has 5 rings (SSSR count). The highest BCUT2D eigenvalue weighted by Crippen LogP contribution is 2.39. The number of benzene rings is 3. The Labute approximate surface area is 199 Å². The van der Waals surface area contributed by atoms with E-state index in [1.807, 2.05) is 18.2 Å². The first-order chi connectivity index (χ1) is 16.6. The maximum atomic E-state index is 11.7. The molecule has 0 radical (unpaired) electrons. The normalized spacial score (nSPS) is 13.6. The molecule has 6 heteroatoms. The highest BCUT2D eigenvalue weighted by molar-refractivity contribution is 5.89. The number of hydrogen-bond donors (Lipinski definition) is 1. The Kier molecular flexibility index (Phi) is 6.04. The van der Waals surface area contributed by atoms with E-state index in [2.05, 4.69) is 64.6 Å². The van der Waals surface area contributed by atoms with Crippen LogP contribution >= 0.6 is 0 Å². The fraction of sp³-hybridized carbons (Fsp3) is 0.214. The third kappa shape index (κ3) is 4.39. The van der Waals surface area contributed by atoms with Crippen LogP contribution in [0.5, 0.6) is 5.75 Å². The minimum absolute atomic E-state index is 0.0184. The van der Waals surface area contributed by atoms with Gasteiger partial charge < -0.3 is 19.7 Å². The van der Waals surface area contributed by atoms with Crippen LogP contribution in [0.15, 0.2) is 79.0 Å². The van der Waals surface area contributed by atoms with Crippen molar-refractivity contribution in [1.82, 2.24) is 4.98 Å². The summed E-state index contributed by atoms with van der Waals surface area (Å²) in [6.07, 6.45) is 1.77. The van der Waals surface area contributed by atoms with E-state index in [1.165, 1.54) is 23.4 Å². The second-order valence-corrected chi connectivity index (χ2v) is 8.44. The summed E-state index contributed by atoms with van der Waals surface area (Å²) < 4.78 is 10.8. The molecule has 2 heterocycles. The van der Waals surface area contributed by atoms with E-state index in [-0.39, 0.29) is 12.0 Å². The van der Waals surface area contributed by atoms with Crippen molar-refractivity contribution in [2.75, 3.05) is 30.5 Å². The van der Waals surface area contributed by atoms with E-state index in [1.54, 1.807) is 18.3 Å². The number of methoxy groups -OCH3 is 1. The summed E-state index contributed by atoms with van der Waals surface area (Å²) in [7, 11) is 1.39. The Balaban J connectivity index is 1.40. The van der Waals surface area contributed by atoms with E-state index < -0.39 is 0 Å². The fourth-order valence-electron chi connectivity index (χ4n) is 4.37. The Morgan fingerprint density at radius 3 is 2.68 bits per heavy atom. The monoisotopic (exact) mass is 453 g/mol. The molecule has 0 aliphatic carbocycles. The van der Waals surface area contributed by atoms with Crippen LogP contribution in [0.4, 0.5) is 11.5 Å². The third-order valence-corrected chi connectivity index (χ3v) is 6.19. The fourth-order valence-corrected chi connectivity index (χ4v) is 4.37. The molecule has 1 unspecified atom stereocenters. The summed E-state index contributed by atoms with van der Waals surface area (Å²) in [6, 6.07) is 24.4. The summed E-state index contributed by atoms with van der Waals surface area (Å²) in [6.45, 7) is 4.26. The van der Waals surface area contributed by atoms with Crippen LogP contribution in [0.1, 0.15) is 34.5 Å². The van der Waals surface area contributed by atoms with Gasteiger partial charge in [0.25, 0.3) is 0 Å². The maximum Gasteiger partial charge on any atom is 0.337 e. The van der Waals surface area contributed by atoms with E-state index in [9.17, 15) is 4.79 Å². The van der Waals surface area contributed by atoms with Crippen LogP contribution in [0, 0.1) is 0 Å². The molecule has 1 aliphatic rings. The number of nitrogens with one attached hydrogen (secondary N) is 1. The number of rotatable bonds is 6. The number of aromatic nitrogens is 1. The van der Waals surface area contributed by atoms with Gasteiger partial charge >= 0.3 is 5.97 Å². The molecular formula is C28H27N3O3. The molecule has 1 aliphatic heterocycles. The number of carbonyl (C=O) groups excluding carboxylic acids is 1. The van der Waals surface area contributed by atoms with Crippen molar-refractivity contribution in [2.24, 2.45) is 0 Å². The van der Waals surface area contributed by atoms with Gasteiger partial charge in [0.2, 0.25) is 0 Å². The first kappa shape index (κ1) is 21.8. The molecule has 0 amide bonds.